The zero-order valence-corrected chi connectivity index (χ0v) is 16.2. The third kappa shape index (κ3) is 4.76. The Balaban J connectivity index is 1.53. The molecule has 0 unspecified atom stereocenters. The standard InChI is InChI=1S/C20H25N5O3/c1-3-28-20(27)25-10-8-24(9-11-25)19-22-13-17(14-23-19)18(26)21-12-16-7-5-4-6-15(16)2/h4-7,13-14H,3,8-12H2,1-2H3,(H,21,26). The van der Waals surface area contributed by atoms with Crippen LogP contribution in [-0.2, 0) is 11.3 Å². The summed E-state index contributed by atoms with van der Waals surface area (Å²) in [7, 11) is 0. The highest BCUT2D eigenvalue weighted by molar-refractivity contribution is 5.93. The highest BCUT2D eigenvalue weighted by atomic mass is 16.6. The SMILES string of the molecule is CCOC(=O)N1CCN(c2ncc(C(=O)NCc3ccccc3C)cn2)CC1. The summed E-state index contributed by atoms with van der Waals surface area (Å²) in [6.07, 6.45) is 2.78. The molecule has 0 spiro atoms. The molecular formula is C20H25N5O3. The van der Waals surface area contributed by atoms with Crippen LogP contribution in [0.2, 0.25) is 0 Å². The van der Waals surface area contributed by atoms with E-state index in [1.807, 2.05) is 36.1 Å². The molecule has 1 saturated heterocycles. The number of nitrogens with one attached hydrogen (secondary N) is 1. The summed E-state index contributed by atoms with van der Waals surface area (Å²) in [5.41, 5.74) is 2.63. The van der Waals surface area contributed by atoms with Gasteiger partial charge in [0.2, 0.25) is 5.95 Å². The van der Waals surface area contributed by atoms with E-state index in [4.69, 9.17) is 4.74 Å². The Morgan fingerprint density at radius 1 is 1.11 bits per heavy atom. The number of carbonyl (C=O) groups excluding carboxylic acids is 2. The van der Waals surface area contributed by atoms with Crippen molar-refractivity contribution in [2.45, 2.75) is 20.4 Å². The van der Waals surface area contributed by atoms with Crippen molar-refractivity contribution in [3.05, 3.63) is 53.3 Å². The number of benzene rings is 1. The van der Waals surface area contributed by atoms with Crippen LogP contribution in [0.1, 0.15) is 28.4 Å². The van der Waals surface area contributed by atoms with Crippen LogP contribution in [0.25, 0.3) is 0 Å². The molecule has 1 N–H and O–H groups in total. The topological polar surface area (TPSA) is 87.7 Å². The van der Waals surface area contributed by atoms with Crippen molar-refractivity contribution in [2.24, 2.45) is 0 Å². The highest BCUT2D eigenvalue weighted by Crippen LogP contribution is 2.12. The fourth-order valence-electron chi connectivity index (χ4n) is 2.99. The molecule has 1 aliphatic rings. The summed E-state index contributed by atoms with van der Waals surface area (Å²) in [5, 5.41) is 2.89. The van der Waals surface area contributed by atoms with Gasteiger partial charge in [0.15, 0.2) is 0 Å². The average Bonchev–Trinajstić information content (AvgIpc) is 2.73. The minimum Gasteiger partial charge on any atom is -0.450 e. The number of ether oxygens (including phenoxy) is 1. The number of hydrogen-bond acceptors (Lipinski definition) is 6. The number of aryl methyl sites for hydroxylation is 1. The van der Waals surface area contributed by atoms with Gasteiger partial charge in [0.25, 0.3) is 5.91 Å². The number of rotatable bonds is 5. The largest absolute Gasteiger partial charge is 0.450 e. The van der Waals surface area contributed by atoms with Crippen LogP contribution < -0.4 is 10.2 Å². The van der Waals surface area contributed by atoms with Gasteiger partial charge in [-0.3, -0.25) is 4.79 Å². The number of amides is 2. The van der Waals surface area contributed by atoms with Crippen molar-refractivity contribution in [3.63, 3.8) is 0 Å². The lowest BCUT2D eigenvalue weighted by Gasteiger charge is -2.33. The van der Waals surface area contributed by atoms with E-state index in [0.29, 0.717) is 50.8 Å². The van der Waals surface area contributed by atoms with Gasteiger partial charge in [-0.2, -0.15) is 0 Å². The predicted molar refractivity (Wildman–Crippen MR) is 105 cm³/mol. The number of anilines is 1. The lowest BCUT2D eigenvalue weighted by Crippen LogP contribution is -2.49. The number of carbonyl (C=O) groups is 2. The molecule has 2 aromatic rings. The summed E-state index contributed by atoms with van der Waals surface area (Å²) in [6, 6.07) is 7.93. The first-order valence-corrected chi connectivity index (χ1v) is 9.40. The average molecular weight is 383 g/mol. The van der Waals surface area contributed by atoms with Crippen LogP contribution in [0.3, 0.4) is 0 Å². The van der Waals surface area contributed by atoms with Crippen LogP contribution in [0.5, 0.6) is 0 Å². The van der Waals surface area contributed by atoms with Gasteiger partial charge in [-0.25, -0.2) is 14.8 Å². The molecular weight excluding hydrogens is 358 g/mol. The first kappa shape index (κ1) is 19.6. The number of nitrogens with zero attached hydrogens (tertiary/aromatic N) is 4. The van der Waals surface area contributed by atoms with Crippen molar-refractivity contribution in [1.82, 2.24) is 20.2 Å². The van der Waals surface area contributed by atoms with Crippen LogP contribution in [0.4, 0.5) is 10.7 Å². The third-order valence-corrected chi connectivity index (χ3v) is 4.69. The van der Waals surface area contributed by atoms with E-state index in [0.717, 1.165) is 11.1 Å². The third-order valence-electron chi connectivity index (χ3n) is 4.69. The molecule has 0 aliphatic carbocycles. The maximum atomic E-state index is 12.3. The van der Waals surface area contributed by atoms with E-state index in [-0.39, 0.29) is 12.0 Å². The Hall–Kier alpha value is -3.16. The van der Waals surface area contributed by atoms with Crippen molar-refractivity contribution in [2.75, 3.05) is 37.7 Å². The van der Waals surface area contributed by atoms with E-state index in [1.165, 1.54) is 12.4 Å². The predicted octanol–water partition coefficient (Wildman–Crippen LogP) is 1.99. The Morgan fingerprint density at radius 2 is 1.79 bits per heavy atom. The van der Waals surface area contributed by atoms with E-state index in [2.05, 4.69) is 15.3 Å². The zero-order chi connectivity index (χ0) is 19.9. The second-order valence-corrected chi connectivity index (χ2v) is 6.55. The van der Waals surface area contributed by atoms with Gasteiger partial charge in [-0.15, -0.1) is 0 Å². The van der Waals surface area contributed by atoms with Crippen LogP contribution in [-0.4, -0.2) is 59.7 Å². The summed E-state index contributed by atoms with van der Waals surface area (Å²) in [4.78, 5) is 36.4. The lowest BCUT2D eigenvalue weighted by atomic mass is 10.1. The number of piperazine rings is 1. The lowest BCUT2D eigenvalue weighted by molar-refractivity contribution is 0.0949. The number of hydrogen-bond donors (Lipinski definition) is 1. The van der Waals surface area contributed by atoms with Gasteiger partial charge in [-0.1, -0.05) is 24.3 Å². The Labute approximate surface area is 164 Å². The van der Waals surface area contributed by atoms with E-state index >= 15 is 0 Å². The maximum absolute atomic E-state index is 12.3. The molecule has 0 saturated carbocycles. The minimum atomic E-state index is -0.288. The van der Waals surface area contributed by atoms with Crippen molar-refractivity contribution in [3.8, 4) is 0 Å². The summed E-state index contributed by atoms with van der Waals surface area (Å²) in [6.45, 7) is 7.00. The van der Waals surface area contributed by atoms with Gasteiger partial charge in [-0.05, 0) is 25.0 Å². The van der Waals surface area contributed by atoms with Crippen molar-refractivity contribution >= 4 is 17.9 Å². The molecule has 2 amide bonds. The van der Waals surface area contributed by atoms with Gasteiger partial charge < -0.3 is 19.9 Å². The van der Waals surface area contributed by atoms with Crippen molar-refractivity contribution < 1.29 is 14.3 Å². The fourth-order valence-corrected chi connectivity index (χ4v) is 2.99. The molecule has 0 radical (unpaired) electrons. The van der Waals surface area contributed by atoms with Crippen LogP contribution >= 0.6 is 0 Å². The van der Waals surface area contributed by atoms with Crippen LogP contribution in [0, 0.1) is 6.92 Å². The van der Waals surface area contributed by atoms with E-state index in [9.17, 15) is 9.59 Å². The van der Waals surface area contributed by atoms with E-state index < -0.39 is 0 Å². The first-order valence-electron chi connectivity index (χ1n) is 9.40. The molecule has 1 aromatic heterocycles. The molecule has 2 heterocycles. The van der Waals surface area contributed by atoms with E-state index in [1.54, 1.807) is 11.8 Å². The highest BCUT2D eigenvalue weighted by Gasteiger charge is 2.23. The molecule has 0 atom stereocenters. The monoisotopic (exact) mass is 383 g/mol. The zero-order valence-electron chi connectivity index (χ0n) is 16.2. The minimum absolute atomic E-state index is 0.207. The molecule has 1 aromatic carbocycles. The summed E-state index contributed by atoms with van der Waals surface area (Å²) >= 11 is 0. The normalized spacial score (nSPS) is 13.9. The Kier molecular flexibility index (Phi) is 6.41. The molecule has 1 aliphatic heterocycles. The molecule has 28 heavy (non-hydrogen) atoms. The summed E-state index contributed by atoms with van der Waals surface area (Å²) < 4.78 is 5.02. The second-order valence-electron chi connectivity index (χ2n) is 6.55. The van der Waals surface area contributed by atoms with Gasteiger partial charge in [0.1, 0.15) is 0 Å². The molecule has 8 heteroatoms. The van der Waals surface area contributed by atoms with Gasteiger partial charge >= 0.3 is 6.09 Å². The summed E-state index contributed by atoms with van der Waals surface area (Å²) in [5.74, 6) is 0.348. The first-order chi connectivity index (χ1) is 13.6. The molecule has 1 fully saturated rings. The Bertz CT molecular complexity index is 817. The smallest absolute Gasteiger partial charge is 0.409 e. The fraction of sp³-hybridized carbons (Fsp3) is 0.400. The van der Waals surface area contributed by atoms with Gasteiger partial charge in [0, 0.05) is 45.1 Å². The number of aromatic nitrogens is 2. The second kappa shape index (κ2) is 9.16. The quantitative estimate of drug-likeness (QED) is 0.850. The molecule has 8 nitrogen and oxygen atoms in total. The van der Waals surface area contributed by atoms with Crippen LogP contribution in [0.15, 0.2) is 36.7 Å². The van der Waals surface area contributed by atoms with Crippen molar-refractivity contribution in [1.29, 1.82) is 0 Å². The van der Waals surface area contributed by atoms with Gasteiger partial charge in [0.05, 0.1) is 12.2 Å². The molecule has 3 rings (SSSR count). The molecule has 0 bridgehead atoms. The molecule has 148 valence electrons. The Morgan fingerprint density at radius 3 is 2.43 bits per heavy atom. The maximum Gasteiger partial charge on any atom is 0.409 e.